The molecule has 23 heavy (non-hydrogen) atoms. The molecule has 4 aliphatic rings. The van der Waals surface area contributed by atoms with Crippen molar-refractivity contribution in [3.8, 4) is 0 Å². The summed E-state index contributed by atoms with van der Waals surface area (Å²) in [5.74, 6) is 0.927. The molecule has 0 saturated carbocycles. The van der Waals surface area contributed by atoms with Crippen LogP contribution in [-0.2, 0) is 4.79 Å². The van der Waals surface area contributed by atoms with Gasteiger partial charge in [0, 0.05) is 43.8 Å². The number of fused-ring (bicyclic) bond motifs is 2. The van der Waals surface area contributed by atoms with E-state index in [1.54, 1.807) is 0 Å². The monoisotopic (exact) mass is 309 g/mol. The van der Waals surface area contributed by atoms with E-state index in [1.807, 2.05) is 4.90 Å². The second kappa shape index (κ2) is 5.10. The Kier molecular flexibility index (Phi) is 3.02. The smallest absolute Gasteiger partial charge is 0.230 e. The summed E-state index contributed by atoms with van der Waals surface area (Å²) in [5, 5.41) is 7.20. The minimum Gasteiger partial charge on any atom is -0.384 e. The maximum Gasteiger partial charge on any atom is 0.230 e. The van der Waals surface area contributed by atoms with Crippen molar-refractivity contribution in [1.29, 1.82) is 0 Å². The summed E-state index contributed by atoms with van der Waals surface area (Å²) in [6.07, 6.45) is 5.73. The van der Waals surface area contributed by atoms with Gasteiger partial charge in [-0.3, -0.25) is 4.79 Å². The van der Waals surface area contributed by atoms with Crippen LogP contribution in [0.25, 0.3) is 5.57 Å². The molecule has 3 heterocycles. The van der Waals surface area contributed by atoms with Crippen molar-refractivity contribution in [2.75, 3.05) is 31.5 Å². The first-order chi connectivity index (χ1) is 11.3. The highest BCUT2D eigenvalue weighted by Crippen LogP contribution is 2.46. The first-order valence-electron chi connectivity index (χ1n) is 8.92. The lowest BCUT2D eigenvalue weighted by Gasteiger charge is -2.37. The largest absolute Gasteiger partial charge is 0.384 e. The fourth-order valence-corrected chi connectivity index (χ4v) is 4.82. The lowest BCUT2D eigenvalue weighted by Crippen LogP contribution is -2.46. The molecule has 0 spiro atoms. The highest BCUT2D eigenvalue weighted by molar-refractivity contribution is 5.87. The van der Waals surface area contributed by atoms with Crippen LogP contribution in [0.4, 0.5) is 5.69 Å². The van der Waals surface area contributed by atoms with Gasteiger partial charge in [0.2, 0.25) is 5.91 Å². The molecule has 3 aliphatic heterocycles. The van der Waals surface area contributed by atoms with Crippen LogP contribution < -0.4 is 10.6 Å². The predicted molar refractivity (Wildman–Crippen MR) is 91.4 cm³/mol. The fourth-order valence-electron chi connectivity index (χ4n) is 4.82. The minimum absolute atomic E-state index is 0.00104. The van der Waals surface area contributed by atoms with Crippen molar-refractivity contribution >= 4 is 17.2 Å². The van der Waals surface area contributed by atoms with Crippen molar-refractivity contribution < 1.29 is 4.79 Å². The molecule has 1 amide bonds. The number of carbonyl (C=O) groups is 1. The molecule has 1 fully saturated rings. The zero-order valence-electron chi connectivity index (χ0n) is 13.3. The summed E-state index contributed by atoms with van der Waals surface area (Å²) in [6, 6.07) is 6.97. The van der Waals surface area contributed by atoms with E-state index in [0.717, 1.165) is 45.4 Å². The number of hydrogen-bond acceptors (Lipinski definition) is 3. The molecule has 1 aromatic carbocycles. The molecule has 2 N–H and O–H groups in total. The zero-order valence-corrected chi connectivity index (χ0v) is 13.3. The maximum atomic E-state index is 12.8. The Balaban J connectivity index is 1.52. The standard InChI is InChI=1S/C19H23N3O/c23-19(22-6-1-2-7-22)13-8-15-14-4-3-5-16-18(14)12(10-20-16)9-17(15)21-11-13/h3-5,8,12-13,17,20-21H,1-2,6-7,9-11H2/t12-,13-,17-/m1/s1. The molecule has 1 aromatic rings. The molecule has 120 valence electrons. The quantitative estimate of drug-likeness (QED) is 0.836. The van der Waals surface area contributed by atoms with Crippen LogP contribution in [0.3, 0.4) is 0 Å². The molecule has 0 aromatic heterocycles. The van der Waals surface area contributed by atoms with E-state index in [0.29, 0.717) is 17.9 Å². The molecule has 5 rings (SSSR count). The molecule has 4 heteroatoms. The Hall–Kier alpha value is -1.81. The van der Waals surface area contributed by atoms with Crippen molar-refractivity contribution in [3.63, 3.8) is 0 Å². The van der Waals surface area contributed by atoms with Gasteiger partial charge in [0.05, 0.1) is 5.92 Å². The molecule has 0 unspecified atom stereocenters. The number of rotatable bonds is 1. The van der Waals surface area contributed by atoms with E-state index in [9.17, 15) is 4.79 Å². The molecule has 3 atom stereocenters. The molecule has 0 bridgehead atoms. The zero-order chi connectivity index (χ0) is 15.4. The van der Waals surface area contributed by atoms with Crippen molar-refractivity contribution in [2.45, 2.75) is 31.2 Å². The van der Waals surface area contributed by atoms with Crippen LogP contribution in [0, 0.1) is 5.92 Å². The van der Waals surface area contributed by atoms with Gasteiger partial charge in [-0.05, 0) is 42.0 Å². The van der Waals surface area contributed by atoms with Gasteiger partial charge in [0.25, 0.3) is 0 Å². The number of nitrogens with zero attached hydrogens (tertiary/aromatic N) is 1. The molecular weight excluding hydrogens is 286 g/mol. The van der Waals surface area contributed by atoms with Crippen molar-refractivity contribution in [1.82, 2.24) is 10.2 Å². The summed E-state index contributed by atoms with van der Waals surface area (Å²) in [7, 11) is 0. The van der Waals surface area contributed by atoms with E-state index in [1.165, 1.54) is 22.4 Å². The average molecular weight is 309 g/mol. The van der Waals surface area contributed by atoms with Gasteiger partial charge in [-0.1, -0.05) is 18.2 Å². The second-order valence-corrected chi connectivity index (χ2v) is 7.30. The number of likely N-dealkylation sites (tertiary alicyclic amines) is 1. The molecule has 0 radical (unpaired) electrons. The number of hydrogen-bond donors (Lipinski definition) is 2. The van der Waals surface area contributed by atoms with Gasteiger partial charge in [-0.25, -0.2) is 0 Å². The molecule has 1 aliphatic carbocycles. The van der Waals surface area contributed by atoms with Crippen LogP contribution in [0.2, 0.25) is 0 Å². The van der Waals surface area contributed by atoms with E-state index in [-0.39, 0.29) is 5.92 Å². The minimum atomic E-state index is 0.00104. The van der Waals surface area contributed by atoms with E-state index < -0.39 is 0 Å². The normalized spacial score (nSPS) is 31.2. The topological polar surface area (TPSA) is 44.4 Å². The number of benzene rings is 1. The van der Waals surface area contributed by atoms with Gasteiger partial charge >= 0.3 is 0 Å². The lowest BCUT2D eigenvalue weighted by molar-refractivity contribution is -0.132. The Bertz CT molecular complexity index is 690. The summed E-state index contributed by atoms with van der Waals surface area (Å²) in [4.78, 5) is 14.8. The summed E-state index contributed by atoms with van der Waals surface area (Å²) in [5.41, 5.74) is 5.48. The molecular formula is C19H23N3O. The Morgan fingerprint density at radius 1 is 1.17 bits per heavy atom. The third-order valence-electron chi connectivity index (χ3n) is 5.96. The van der Waals surface area contributed by atoms with Crippen molar-refractivity contribution in [3.05, 3.63) is 35.4 Å². The molecule has 1 saturated heterocycles. The number of anilines is 1. The van der Waals surface area contributed by atoms with Gasteiger partial charge in [0.15, 0.2) is 0 Å². The SMILES string of the molecule is O=C([C@@H]1C=C2c3cccc4c3[C@@H](CN4)C[C@H]2NC1)N1CCCC1. The Morgan fingerprint density at radius 2 is 2.04 bits per heavy atom. The van der Waals surface area contributed by atoms with Gasteiger partial charge in [-0.15, -0.1) is 0 Å². The van der Waals surface area contributed by atoms with E-state index in [4.69, 9.17) is 0 Å². The third-order valence-corrected chi connectivity index (χ3v) is 5.96. The van der Waals surface area contributed by atoms with Crippen LogP contribution in [0.1, 0.15) is 36.3 Å². The lowest BCUT2D eigenvalue weighted by atomic mass is 9.75. The average Bonchev–Trinajstić information content (AvgIpc) is 3.25. The van der Waals surface area contributed by atoms with Gasteiger partial charge in [-0.2, -0.15) is 0 Å². The Morgan fingerprint density at radius 3 is 2.91 bits per heavy atom. The van der Waals surface area contributed by atoms with Crippen LogP contribution in [0.15, 0.2) is 24.3 Å². The summed E-state index contributed by atoms with van der Waals surface area (Å²) >= 11 is 0. The highest BCUT2D eigenvalue weighted by Gasteiger charge is 2.39. The van der Waals surface area contributed by atoms with Gasteiger partial charge < -0.3 is 15.5 Å². The summed E-state index contributed by atoms with van der Waals surface area (Å²) in [6.45, 7) is 3.72. The summed E-state index contributed by atoms with van der Waals surface area (Å²) < 4.78 is 0. The van der Waals surface area contributed by atoms with Crippen LogP contribution >= 0.6 is 0 Å². The number of nitrogens with one attached hydrogen (secondary N) is 2. The van der Waals surface area contributed by atoms with Gasteiger partial charge in [0.1, 0.15) is 0 Å². The molecule has 4 nitrogen and oxygen atoms in total. The number of carbonyl (C=O) groups excluding carboxylic acids is 1. The highest BCUT2D eigenvalue weighted by atomic mass is 16.2. The van der Waals surface area contributed by atoms with Crippen molar-refractivity contribution in [2.24, 2.45) is 5.92 Å². The first-order valence-corrected chi connectivity index (χ1v) is 8.92. The fraction of sp³-hybridized carbons (Fsp3) is 0.526. The Labute approximate surface area is 136 Å². The maximum absolute atomic E-state index is 12.8. The second-order valence-electron chi connectivity index (χ2n) is 7.30. The van der Waals surface area contributed by atoms with Crippen LogP contribution in [-0.4, -0.2) is 43.0 Å². The number of amides is 1. The van der Waals surface area contributed by atoms with Crippen LogP contribution in [0.5, 0.6) is 0 Å². The third kappa shape index (κ3) is 2.04. The van der Waals surface area contributed by atoms with E-state index >= 15 is 0 Å². The predicted octanol–water partition coefficient (Wildman–Crippen LogP) is 2.19. The van der Waals surface area contributed by atoms with E-state index in [2.05, 4.69) is 34.9 Å². The first kappa shape index (κ1) is 13.6.